The van der Waals surface area contributed by atoms with Crippen molar-refractivity contribution >= 4 is 38.6 Å². The van der Waals surface area contributed by atoms with Crippen LogP contribution in [0.2, 0.25) is 0 Å². The number of carbonyl (C=O) groups is 2. The quantitative estimate of drug-likeness (QED) is 0.263. The predicted molar refractivity (Wildman–Crippen MR) is 121 cm³/mol. The van der Waals surface area contributed by atoms with Gasteiger partial charge in [0, 0.05) is 34.8 Å². The number of hydrogen-bond acceptors (Lipinski definition) is 5. The molecule has 0 spiro atoms. The Morgan fingerprint density at radius 3 is 2.52 bits per heavy atom. The Hall–Kier alpha value is -3.58. The summed E-state index contributed by atoms with van der Waals surface area (Å²) in [5.74, 6) is -1.17. The maximum atomic E-state index is 13.2. The fourth-order valence-corrected chi connectivity index (χ4v) is 3.80. The molecule has 0 saturated heterocycles. The number of pyridine rings is 2. The molecular weight excluding hydrogens is 460 g/mol. The number of ether oxygens (including phenoxy) is 1. The minimum atomic E-state index is -0.634. The Balaban J connectivity index is 1.76. The SMILES string of the molecule is COC(=O)c1ccccc1C(=O)c1c[nH]c2ccc(Cc3cccc(Br)n3)cc2c1=O. The van der Waals surface area contributed by atoms with Gasteiger partial charge in [0.15, 0.2) is 5.78 Å². The summed E-state index contributed by atoms with van der Waals surface area (Å²) in [5, 5.41) is 0.397. The lowest BCUT2D eigenvalue weighted by atomic mass is 9.97. The topological polar surface area (TPSA) is 89.1 Å². The highest BCUT2D eigenvalue weighted by Crippen LogP contribution is 2.18. The number of esters is 1. The summed E-state index contributed by atoms with van der Waals surface area (Å²) in [6.07, 6.45) is 1.93. The van der Waals surface area contributed by atoms with E-state index < -0.39 is 17.2 Å². The third kappa shape index (κ3) is 4.18. The van der Waals surface area contributed by atoms with Crippen LogP contribution in [0, 0.1) is 0 Å². The molecule has 0 aliphatic heterocycles. The number of fused-ring (bicyclic) bond motifs is 1. The number of hydrogen-bond donors (Lipinski definition) is 1. The molecule has 2 aromatic carbocycles. The van der Waals surface area contributed by atoms with Crippen LogP contribution in [0.4, 0.5) is 0 Å². The van der Waals surface area contributed by atoms with Crippen LogP contribution < -0.4 is 5.43 Å². The molecule has 31 heavy (non-hydrogen) atoms. The normalized spacial score (nSPS) is 10.8. The first-order valence-electron chi connectivity index (χ1n) is 9.45. The summed E-state index contributed by atoms with van der Waals surface area (Å²) in [5.41, 5.74) is 2.16. The van der Waals surface area contributed by atoms with Gasteiger partial charge in [-0.2, -0.15) is 0 Å². The summed E-state index contributed by atoms with van der Waals surface area (Å²) in [7, 11) is 1.24. The molecule has 0 radical (unpaired) electrons. The molecule has 154 valence electrons. The Bertz CT molecular complexity index is 1380. The fraction of sp³-hybridized carbons (Fsp3) is 0.0833. The van der Waals surface area contributed by atoms with E-state index >= 15 is 0 Å². The number of rotatable bonds is 5. The minimum Gasteiger partial charge on any atom is -0.465 e. The lowest BCUT2D eigenvalue weighted by Crippen LogP contribution is -2.19. The fourth-order valence-electron chi connectivity index (χ4n) is 3.42. The summed E-state index contributed by atoms with van der Waals surface area (Å²) in [6, 6.07) is 17.4. The van der Waals surface area contributed by atoms with Gasteiger partial charge in [0.1, 0.15) is 4.60 Å². The molecule has 0 saturated carbocycles. The molecule has 0 aliphatic carbocycles. The van der Waals surface area contributed by atoms with Crippen molar-refractivity contribution in [1.29, 1.82) is 0 Å². The molecule has 2 heterocycles. The number of nitrogens with one attached hydrogen (secondary N) is 1. The monoisotopic (exact) mass is 476 g/mol. The molecule has 4 aromatic rings. The zero-order chi connectivity index (χ0) is 22.0. The third-order valence-electron chi connectivity index (χ3n) is 4.92. The summed E-state index contributed by atoms with van der Waals surface area (Å²) in [6.45, 7) is 0. The van der Waals surface area contributed by atoms with E-state index in [0.717, 1.165) is 15.9 Å². The number of aromatic amines is 1. The third-order valence-corrected chi connectivity index (χ3v) is 5.37. The van der Waals surface area contributed by atoms with Crippen LogP contribution in [0.3, 0.4) is 0 Å². The average molecular weight is 477 g/mol. The van der Waals surface area contributed by atoms with Gasteiger partial charge in [0.05, 0.1) is 18.2 Å². The number of ketones is 1. The Labute approximate surface area is 186 Å². The van der Waals surface area contributed by atoms with Crippen LogP contribution in [0.15, 0.2) is 76.3 Å². The highest BCUT2D eigenvalue weighted by molar-refractivity contribution is 9.10. The smallest absolute Gasteiger partial charge is 0.338 e. The molecule has 2 aromatic heterocycles. The molecular formula is C24H17BrN2O4. The van der Waals surface area contributed by atoms with E-state index in [0.29, 0.717) is 17.3 Å². The molecule has 0 bridgehead atoms. The molecule has 0 unspecified atom stereocenters. The van der Waals surface area contributed by atoms with Gasteiger partial charge in [0.25, 0.3) is 0 Å². The molecule has 6 nitrogen and oxygen atoms in total. The van der Waals surface area contributed by atoms with Crippen molar-refractivity contribution in [3.63, 3.8) is 0 Å². The zero-order valence-electron chi connectivity index (χ0n) is 16.5. The average Bonchev–Trinajstić information content (AvgIpc) is 2.79. The highest BCUT2D eigenvalue weighted by Gasteiger charge is 2.21. The highest BCUT2D eigenvalue weighted by atomic mass is 79.9. The predicted octanol–water partition coefficient (Wildman–Crippen LogP) is 4.29. The van der Waals surface area contributed by atoms with Gasteiger partial charge in [-0.1, -0.05) is 30.3 Å². The zero-order valence-corrected chi connectivity index (χ0v) is 18.1. The number of nitrogens with zero attached hydrogens (tertiary/aromatic N) is 1. The largest absolute Gasteiger partial charge is 0.465 e. The van der Waals surface area contributed by atoms with Gasteiger partial charge < -0.3 is 9.72 Å². The molecule has 0 fully saturated rings. The second-order valence-electron chi connectivity index (χ2n) is 6.91. The number of halogens is 1. The Kier molecular flexibility index (Phi) is 5.77. The van der Waals surface area contributed by atoms with Crippen LogP contribution in [0.1, 0.15) is 37.5 Å². The number of methoxy groups -OCH3 is 1. The van der Waals surface area contributed by atoms with Crippen molar-refractivity contribution < 1.29 is 14.3 Å². The lowest BCUT2D eigenvalue weighted by molar-refractivity contribution is 0.0597. The molecule has 0 aliphatic rings. The van der Waals surface area contributed by atoms with Gasteiger partial charge in [-0.3, -0.25) is 9.59 Å². The number of carbonyl (C=O) groups excluding carboxylic acids is 2. The molecule has 0 amide bonds. The van der Waals surface area contributed by atoms with E-state index in [1.807, 2.05) is 24.3 Å². The van der Waals surface area contributed by atoms with Crippen molar-refractivity contribution in [2.45, 2.75) is 6.42 Å². The van der Waals surface area contributed by atoms with Crippen molar-refractivity contribution in [2.24, 2.45) is 0 Å². The maximum Gasteiger partial charge on any atom is 0.338 e. The van der Waals surface area contributed by atoms with Gasteiger partial charge >= 0.3 is 5.97 Å². The second kappa shape index (κ2) is 8.65. The standard InChI is InChI=1S/C24H17BrN2O4/c1-31-24(30)17-7-3-2-6-16(17)22(28)19-13-26-20-10-9-14(12-18(20)23(19)29)11-15-5-4-8-21(25)27-15/h2-10,12-13H,11H2,1H3,(H,26,29). The van der Waals surface area contributed by atoms with Crippen LogP contribution in [-0.4, -0.2) is 28.8 Å². The first kappa shape index (κ1) is 20.7. The molecule has 0 atom stereocenters. The van der Waals surface area contributed by atoms with Gasteiger partial charge in [0.2, 0.25) is 5.43 Å². The van der Waals surface area contributed by atoms with Crippen LogP contribution in [0.25, 0.3) is 10.9 Å². The lowest BCUT2D eigenvalue weighted by Gasteiger charge is -2.08. The van der Waals surface area contributed by atoms with Gasteiger partial charge in [-0.05, 0) is 51.8 Å². The van der Waals surface area contributed by atoms with Gasteiger partial charge in [-0.25, -0.2) is 9.78 Å². The van der Waals surface area contributed by atoms with E-state index in [2.05, 4.69) is 25.9 Å². The minimum absolute atomic E-state index is 0.0402. The van der Waals surface area contributed by atoms with Gasteiger partial charge in [-0.15, -0.1) is 0 Å². The van der Waals surface area contributed by atoms with E-state index in [-0.39, 0.29) is 16.7 Å². The van der Waals surface area contributed by atoms with Crippen LogP contribution in [0.5, 0.6) is 0 Å². The van der Waals surface area contributed by atoms with E-state index in [1.165, 1.54) is 25.4 Å². The summed E-state index contributed by atoms with van der Waals surface area (Å²) >= 11 is 3.36. The number of H-pyrrole nitrogens is 1. The molecule has 4 rings (SSSR count). The van der Waals surface area contributed by atoms with E-state index in [4.69, 9.17) is 4.74 Å². The number of aromatic nitrogens is 2. The molecule has 1 N–H and O–H groups in total. The number of benzene rings is 2. The van der Waals surface area contributed by atoms with Crippen LogP contribution in [-0.2, 0) is 11.2 Å². The Morgan fingerprint density at radius 1 is 1.00 bits per heavy atom. The summed E-state index contributed by atoms with van der Waals surface area (Å²) in [4.78, 5) is 45.8. The van der Waals surface area contributed by atoms with E-state index in [9.17, 15) is 14.4 Å². The van der Waals surface area contributed by atoms with Crippen molar-refractivity contribution in [3.8, 4) is 0 Å². The summed E-state index contributed by atoms with van der Waals surface area (Å²) < 4.78 is 5.49. The van der Waals surface area contributed by atoms with Crippen molar-refractivity contribution in [2.75, 3.05) is 7.11 Å². The maximum absolute atomic E-state index is 13.2. The first-order valence-corrected chi connectivity index (χ1v) is 10.2. The van der Waals surface area contributed by atoms with Crippen molar-refractivity contribution in [1.82, 2.24) is 9.97 Å². The van der Waals surface area contributed by atoms with Crippen LogP contribution >= 0.6 is 15.9 Å². The Morgan fingerprint density at radius 2 is 1.77 bits per heavy atom. The second-order valence-corrected chi connectivity index (χ2v) is 7.72. The van der Waals surface area contributed by atoms with Crippen molar-refractivity contribution in [3.05, 3.63) is 110 Å². The van der Waals surface area contributed by atoms with E-state index in [1.54, 1.807) is 24.3 Å². The first-order chi connectivity index (χ1) is 15.0. The molecule has 7 heteroatoms.